The lowest BCUT2D eigenvalue weighted by Crippen LogP contribution is -2.06. The third-order valence-corrected chi connectivity index (χ3v) is 3.13. The zero-order chi connectivity index (χ0) is 15.1. The fourth-order valence-corrected chi connectivity index (χ4v) is 2.03. The zero-order valence-corrected chi connectivity index (χ0v) is 12.5. The number of nitrogens with zero attached hydrogens (tertiary/aromatic N) is 4. The third-order valence-electron chi connectivity index (χ3n) is 3.13. The molecule has 1 heterocycles. The van der Waals surface area contributed by atoms with Gasteiger partial charge in [0.2, 0.25) is 5.82 Å². The van der Waals surface area contributed by atoms with Crippen molar-refractivity contribution in [1.29, 1.82) is 0 Å². The lowest BCUT2D eigenvalue weighted by Gasteiger charge is -2.01. The van der Waals surface area contributed by atoms with E-state index in [1.54, 1.807) is 4.80 Å². The van der Waals surface area contributed by atoms with Gasteiger partial charge >= 0.3 is 5.97 Å². The first-order valence-electron chi connectivity index (χ1n) is 7.20. The monoisotopic (exact) mass is 288 g/mol. The fraction of sp³-hybridized carbons (Fsp3) is 0.467. The summed E-state index contributed by atoms with van der Waals surface area (Å²) in [6, 6.07) is 7.95. The minimum Gasteiger partial charge on any atom is -0.466 e. The topological polar surface area (TPSA) is 69.9 Å². The van der Waals surface area contributed by atoms with Crippen molar-refractivity contribution >= 4 is 5.97 Å². The number of carbonyl (C=O) groups is 1. The minimum absolute atomic E-state index is 0.148. The van der Waals surface area contributed by atoms with Gasteiger partial charge < -0.3 is 4.74 Å². The molecule has 21 heavy (non-hydrogen) atoms. The Hall–Kier alpha value is -2.24. The normalized spacial score (nSPS) is 10.6. The van der Waals surface area contributed by atoms with E-state index in [0.29, 0.717) is 25.4 Å². The van der Waals surface area contributed by atoms with Crippen LogP contribution in [0.2, 0.25) is 0 Å². The molecule has 112 valence electrons. The standard InChI is InChI=1S/C15H20N4O2/c1-3-21-14(20)10-6-7-11-19-17-15(16-18-19)13-9-5-4-8-12(13)2/h4-5,8-9H,3,6-7,10-11H2,1-2H3. The van der Waals surface area contributed by atoms with Crippen molar-refractivity contribution in [1.82, 2.24) is 20.2 Å². The van der Waals surface area contributed by atoms with E-state index in [1.165, 1.54) is 0 Å². The van der Waals surface area contributed by atoms with E-state index in [-0.39, 0.29) is 5.97 Å². The molecule has 6 heteroatoms. The highest BCUT2D eigenvalue weighted by molar-refractivity contribution is 5.69. The Bertz CT molecular complexity index is 595. The zero-order valence-electron chi connectivity index (χ0n) is 12.5. The molecule has 0 radical (unpaired) electrons. The van der Waals surface area contributed by atoms with Crippen molar-refractivity contribution in [3.63, 3.8) is 0 Å². The molecule has 0 aliphatic rings. The van der Waals surface area contributed by atoms with Crippen LogP contribution < -0.4 is 0 Å². The van der Waals surface area contributed by atoms with Gasteiger partial charge in [0, 0.05) is 12.0 Å². The van der Waals surface area contributed by atoms with E-state index in [2.05, 4.69) is 15.4 Å². The van der Waals surface area contributed by atoms with E-state index in [1.807, 2.05) is 38.1 Å². The number of hydrogen-bond acceptors (Lipinski definition) is 5. The predicted molar refractivity (Wildman–Crippen MR) is 78.5 cm³/mol. The maximum absolute atomic E-state index is 11.2. The molecule has 0 saturated carbocycles. The molecule has 2 rings (SSSR count). The fourth-order valence-electron chi connectivity index (χ4n) is 2.03. The second-order valence-electron chi connectivity index (χ2n) is 4.79. The van der Waals surface area contributed by atoms with Crippen LogP contribution in [0, 0.1) is 6.92 Å². The number of aryl methyl sites for hydroxylation is 2. The molecule has 0 atom stereocenters. The van der Waals surface area contributed by atoms with E-state index in [4.69, 9.17) is 4.74 Å². The number of esters is 1. The number of benzene rings is 1. The molecule has 1 aromatic heterocycles. The molecule has 0 bridgehead atoms. The molecule has 0 fully saturated rings. The smallest absolute Gasteiger partial charge is 0.305 e. The molecule has 0 aliphatic carbocycles. The molecule has 0 aliphatic heterocycles. The van der Waals surface area contributed by atoms with Gasteiger partial charge in [0.1, 0.15) is 0 Å². The van der Waals surface area contributed by atoms with Gasteiger partial charge in [-0.1, -0.05) is 24.3 Å². The summed E-state index contributed by atoms with van der Waals surface area (Å²) in [5, 5.41) is 12.5. The highest BCUT2D eigenvalue weighted by Crippen LogP contribution is 2.17. The van der Waals surface area contributed by atoms with E-state index < -0.39 is 0 Å². The lowest BCUT2D eigenvalue weighted by molar-refractivity contribution is -0.143. The maximum Gasteiger partial charge on any atom is 0.305 e. The first kappa shape index (κ1) is 15.2. The van der Waals surface area contributed by atoms with Gasteiger partial charge in [-0.3, -0.25) is 4.79 Å². The Kier molecular flexibility index (Phi) is 5.43. The molecule has 0 amide bonds. The van der Waals surface area contributed by atoms with E-state index in [0.717, 1.165) is 24.0 Å². The van der Waals surface area contributed by atoms with Gasteiger partial charge in [0.15, 0.2) is 0 Å². The second-order valence-corrected chi connectivity index (χ2v) is 4.79. The largest absolute Gasteiger partial charge is 0.466 e. The highest BCUT2D eigenvalue weighted by Gasteiger charge is 2.08. The van der Waals surface area contributed by atoms with Gasteiger partial charge in [0.05, 0.1) is 13.2 Å². The van der Waals surface area contributed by atoms with E-state index >= 15 is 0 Å². The van der Waals surface area contributed by atoms with Gasteiger partial charge in [-0.25, -0.2) is 0 Å². The van der Waals surface area contributed by atoms with Crippen molar-refractivity contribution in [2.75, 3.05) is 6.61 Å². The molecule has 6 nitrogen and oxygen atoms in total. The number of ether oxygens (including phenoxy) is 1. The van der Waals surface area contributed by atoms with Crippen LogP contribution in [-0.2, 0) is 16.1 Å². The van der Waals surface area contributed by atoms with Gasteiger partial charge in [-0.05, 0) is 37.5 Å². The predicted octanol–water partition coefficient (Wildman–Crippen LogP) is 2.38. The number of carbonyl (C=O) groups excluding carboxylic acids is 1. The first-order chi connectivity index (χ1) is 10.2. The molecule has 0 unspecified atom stereocenters. The van der Waals surface area contributed by atoms with Crippen molar-refractivity contribution < 1.29 is 9.53 Å². The highest BCUT2D eigenvalue weighted by atomic mass is 16.5. The van der Waals surface area contributed by atoms with Crippen LogP contribution in [-0.4, -0.2) is 32.8 Å². The van der Waals surface area contributed by atoms with Crippen molar-refractivity contribution in [3.8, 4) is 11.4 Å². The van der Waals surface area contributed by atoms with Gasteiger partial charge in [0.25, 0.3) is 0 Å². The van der Waals surface area contributed by atoms with Crippen LogP contribution in [0.1, 0.15) is 31.7 Å². The van der Waals surface area contributed by atoms with Crippen LogP contribution in [0.3, 0.4) is 0 Å². The number of rotatable bonds is 7. The maximum atomic E-state index is 11.2. The van der Waals surface area contributed by atoms with Crippen LogP contribution in [0.25, 0.3) is 11.4 Å². The lowest BCUT2D eigenvalue weighted by atomic mass is 10.1. The average Bonchev–Trinajstić information content (AvgIpc) is 2.93. The SMILES string of the molecule is CCOC(=O)CCCCn1nnc(-c2ccccc2C)n1. The van der Waals surface area contributed by atoms with Crippen LogP contribution in [0.4, 0.5) is 0 Å². The molecule has 0 saturated heterocycles. The number of unbranched alkanes of at least 4 members (excludes halogenated alkanes) is 1. The Morgan fingerprint density at radius 1 is 1.29 bits per heavy atom. The summed E-state index contributed by atoms with van der Waals surface area (Å²) >= 11 is 0. The average molecular weight is 288 g/mol. The van der Waals surface area contributed by atoms with E-state index in [9.17, 15) is 4.79 Å². The number of hydrogen-bond donors (Lipinski definition) is 0. The Labute approximate surface area is 124 Å². The summed E-state index contributed by atoms with van der Waals surface area (Å²) in [5.41, 5.74) is 2.12. The summed E-state index contributed by atoms with van der Waals surface area (Å²) in [6.07, 6.45) is 2.02. The Morgan fingerprint density at radius 3 is 2.86 bits per heavy atom. The molecule has 0 N–H and O–H groups in total. The third kappa shape index (κ3) is 4.37. The molecule has 2 aromatic rings. The van der Waals surface area contributed by atoms with Crippen LogP contribution in [0.5, 0.6) is 0 Å². The van der Waals surface area contributed by atoms with Crippen LogP contribution in [0.15, 0.2) is 24.3 Å². The summed E-state index contributed by atoms with van der Waals surface area (Å²) in [6.45, 7) is 4.92. The Balaban J connectivity index is 1.84. The second kappa shape index (κ2) is 7.52. The van der Waals surface area contributed by atoms with Gasteiger partial charge in [-0.2, -0.15) is 4.80 Å². The number of aromatic nitrogens is 4. The Morgan fingerprint density at radius 2 is 2.10 bits per heavy atom. The summed E-state index contributed by atoms with van der Waals surface area (Å²) in [5.74, 6) is 0.489. The van der Waals surface area contributed by atoms with Gasteiger partial charge in [-0.15, -0.1) is 10.2 Å². The molecule has 1 aromatic carbocycles. The van der Waals surface area contributed by atoms with Crippen molar-refractivity contribution in [2.24, 2.45) is 0 Å². The number of tetrazole rings is 1. The summed E-state index contributed by atoms with van der Waals surface area (Å²) in [4.78, 5) is 12.8. The minimum atomic E-state index is -0.148. The molecular weight excluding hydrogens is 268 g/mol. The first-order valence-corrected chi connectivity index (χ1v) is 7.20. The van der Waals surface area contributed by atoms with Crippen molar-refractivity contribution in [2.45, 2.75) is 39.7 Å². The molecular formula is C15H20N4O2. The molecule has 0 spiro atoms. The van der Waals surface area contributed by atoms with Crippen molar-refractivity contribution in [3.05, 3.63) is 29.8 Å². The quantitative estimate of drug-likeness (QED) is 0.578. The summed E-state index contributed by atoms with van der Waals surface area (Å²) in [7, 11) is 0. The summed E-state index contributed by atoms with van der Waals surface area (Å²) < 4.78 is 4.88. The van der Waals surface area contributed by atoms with Crippen LogP contribution >= 0.6 is 0 Å².